The van der Waals surface area contributed by atoms with Gasteiger partial charge in [-0.05, 0) is 69.3 Å². The molecule has 1 saturated heterocycles. The number of benzene rings is 1. The zero-order valence-electron chi connectivity index (χ0n) is 21.8. The second kappa shape index (κ2) is 12.3. The van der Waals surface area contributed by atoms with Crippen molar-refractivity contribution in [1.82, 2.24) is 20.2 Å². The Morgan fingerprint density at radius 3 is 2.67 bits per heavy atom. The molecule has 3 aromatic heterocycles. The predicted octanol–water partition coefficient (Wildman–Crippen LogP) is 5.40. The van der Waals surface area contributed by atoms with Crippen LogP contribution >= 0.6 is 11.3 Å². The number of rotatable bonds is 9. The Morgan fingerprint density at radius 1 is 1.05 bits per heavy atom. The number of carbonyl (C=O) groups excluding carboxylic acids is 2. The van der Waals surface area contributed by atoms with E-state index in [1.165, 1.54) is 42.7 Å². The van der Waals surface area contributed by atoms with E-state index in [0.29, 0.717) is 40.6 Å². The summed E-state index contributed by atoms with van der Waals surface area (Å²) < 4.78 is 15.0. The summed E-state index contributed by atoms with van der Waals surface area (Å²) in [6.07, 6.45) is 5.37. The van der Waals surface area contributed by atoms with Gasteiger partial charge >= 0.3 is 0 Å². The lowest BCUT2D eigenvalue weighted by Crippen LogP contribution is -2.37. The molecule has 39 heavy (non-hydrogen) atoms. The van der Waals surface area contributed by atoms with E-state index in [9.17, 15) is 9.59 Å². The standard InChI is InChI=1S/C29H31FN6O2S/c1-2-31-26-21(27(37)32-13-16-36-14-4-3-5-15-36)9-11-23(34-26)19-8-10-24(22(30)17-19)35-28(38)25-18-20-7-6-12-33-29(20)39-25/h6-12,17-18H,2-5,13-16H2,1H3,(H,31,34)(H,32,37)(H,35,38). The van der Waals surface area contributed by atoms with E-state index in [2.05, 4.69) is 30.8 Å². The Balaban J connectivity index is 1.27. The Bertz CT molecular complexity index is 1450. The number of pyridine rings is 2. The van der Waals surface area contributed by atoms with Gasteiger partial charge in [0.1, 0.15) is 16.5 Å². The van der Waals surface area contributed by atoms with E-state index >= 15 is 4.39 Å². The van der Waals surface area contributed by atoms with Crippen LogP contribution in [0.15, 0.2) is 54.7 Å². The minimum absolute atomic E-state index is 0.0748. The fourth-order valence-electron chi connectivity index (χ4n) is 4.66. The van der Waals surface area contributed by atoms with Crippen LogP contribution in [-0.2, 0) is 0 Å². The highest BCUT2D eigenvalue weighted by Crippen LogP contribution is 2.28. The molecule has 202 valence electrons. The number of aromatic nitrogens is 2. The minimum atomic E-state index is -0.577. The second-order valence-electron chi connectivity index (χ2n) is 9.44. The number of amides is 2. The van der Waals surface area contributed by atoms with Crippen LogP contribution in [-0.4, -0.2) is 59.4 Å². The lowest BCUT2D eigenvalue weighted by Gasteiger charge is -2.26. The molecule has 1 aliphatic rings. The van der Waals surface area contributed by atoms with Crippen molar-refractivity contribution < 1.29 is 14.0 Å². The number of fused-ring (bicyclic) bond motifs is 1. The molecule has 4 aromatic rings. The molecule has 0 aliphatic carbocycles. The van der Waals surface area contributed by atoms with Crippen molar-refractivity contribution >= 4 is 44.9 Å². The quantitative estimate of drug-likeness (QED) is 0.260. The van der Waals surface area contributed by atoms with Crippen molar-refractivity contribution in [3.63, 3.8) is 0 Å². The SMILES string of the molecule is CCNc1nc(-c2ccc(NC(=O)c3cc4cccnc4s3)c(F)c2)ccc1C(=O)NCCN1CCCCC1. The van der Waals surface area contributed by atoms with Gasteiger partial charge in [0, 0.05) is 36.8 Å². The van der Waals surface area contributed by atoms with E-state index in [-0.39, 0.29) is 11.6 Å². The van der Waals surface area contributed by atoms with Gasteiger partial charge in [-0.15, -0.1) is 11.3 Å². The number of halogens is 1. The van der Waals surface area contributed by atoms with Crippen LogP contribution in [0.1, 0.15) is 46.2 Å². The summed E-state index contributed by atoms with van der Waals surface area (Å²) in [6.45, 7) is 6.07. The molecule has 0 spiro atoms. The Hall–Kier alpha value is -3.89. The van der Waals surface area contributed by atoms with Gasteiger partial charge in [0.25, 0.3) is 11.8 Å². The first kappa shape index (κ1) is 26.7. The number of likely N-dealkylation sites (tertiary alicyclic amines) is 1. The number of hydrogen-bond acceptors (Lipinski definition) is 7. The van der Waals surface area contributed by atoms with Crippen LogP contribution in [0.5, 0.6) is 0 Å². The summed E-state index contributed by atoms with van der Waals surface area (Å²) in [5.74, 6) is -0.719. The fraction of sp³-hybridized carbons (Fsp3) is 0.310. The zero-order chi connectivity index (χ0) is 27.2. The van der Waals surface area contributed by atoms with E-state index in [1.807, 2.05) is 13.0 Å². The molecule has 0 bridgehead atoms. The summed E-state index contributed by atoms with van der Waals surface area (Å²) in [6, 6.07) is 13.4. The lowest BCUT2D eigenvalue weighted by atomic mass is 10.1. The maximum absolute atomic E-state index is 15.0. The van der Waals surface area contributed by atoms with E-state index in [1.54, 1.807) is 36.5 Å². The third-order valence-corrected chi connectivity index (χ3v) is 7.73. The predicted molar refractivity (Wildman–Crippen MR) is 154 cm³/mol. The zero-order valence-corrected chi connectivity index (χ0v) is 22.6. The molecule has 1 aromatic carbocycles. The lowest BCUT2D eigenvalue weighted by molar-refractivity contribution is 0.0946. The molecular weight excluding hydrogens is 515 g/mol. The highest BCUT2D eigenvalue weighted by molar-refractivity contribution is 7.20. The van der Waals surface area contributed by atoms with Gasteiger partial charge in [0.2, 0.25) is 0 Å². The molecule has 0 atom stereocenters. The summed E-state index contributed by atoms with van der Waals surface area (Å²) in [5.41, 5.74) is 1.57. The summed E-state index contributed by atoms with van der Waals surface area (Å²) in [5, 5.41) is 9.66. The van der Waals surface area contributed by atoms with Gasteiger partial charge in [-0.3, -0.25) is 9.59 Å². The smallest absolute Gasteiger partial charge is 0.265 e. The molecule has 4 heterocycles. The van der Waals surface area contributed by atoms with Gasteiger partial charge in [-0.2, -0.15) is 0 Å². The number of piperidine rings is 1. The van der Waals surface area contributed by atoms with Crippen LogP contribution in [0.3, 0.4) is 0 Å². The fourth-order valence-corrected chi connectivity index (χ4v) is 5.55. The van der Waals surface area contributed by atoms with Crippen molar-refractivity contribution in [2.45, 2.75) is 26.2 Å². The third kappa shape index (κ3) is 6.40. The van der Waals surface area contributed by atoms with Crippen molar-refractivity contribution in [2.24, 2.45) is 0 Å². The van der Waals surface area contributed by atoms with E-state index in [0.717, 1.165) is 29.9 Å². The van der Waals surface area contributed by atoms with Gasteiger partial charge < -0.3 is 20.9 Å². The van der Waals surface area contributed by atoms with Crippen LogP contribution in [0.4, 0.5) is 15.9 Å². The maximum Gasteiger partial charge on any atom is 0.265 e. The minimum Gasteiger partial charge on any atom is -0.370 e. The molecule has 0 radical (unpaired) electrons. The van der Waals surface area contributed by atoms with Crippen molar-refractivity contribution in [2.75, 3.05) is 43.4 Å². The van der Waals surface area contributed by atoms with E-state index in [4.69, 9.17) is 0 Å². The normalized spacial score (nSPS) is 13.8. The Labute approximate surface area is 230 Å². The van der Waals surface area contributed by atoms with Crippen LogP contribution in [0.2, 0.25) is 0 Å². The summed E-state index contributed by atoms with van der Waals surface area (Å²) in [4.78, 5) is 38.0. The molecule has 2 amide bonds. The molecule has 8 nitrogen and oxygen atoms in total. The average Bonchev–Trinajstić information content (AvgIpc) is 3.39. The third-order valence-electron chi connectivity index (χ3n) is 6.68. The molecule has 1 aliphatic heterocycles. The van der Waals surface area contributed by atoms with Crippen molar-refractivity contribution in [3.05, 3.63) is 71.0 Å². The van der Waals surface area contributed by atoms with E-state index < -0.39 is 11.7 Å². The number of anilines is 2. The first-order valence-electron chi connectivity index (χ1n) is 13.2. The molecule has 10 heteroatoms. The van der Waals surface area contributed by atoms with Gasteiger partial charge in [0.15, 0.2) is 0 Å². The highest BCUT2D eigenvalue weighted by Gasteiger charge is 2.17. The average molecular weight is 547 g/mol. The topological polar surface area (TPSA) is 99.2 Å². The number of carbonyl (C=O) groups is 2. The summed E-state index contributed by atoms with van der Waals surface area (Å²) >= 11 is 1.25. The first-order valence-corrected chi connectivity index (χ1v) is 14.0. The first-order chi connectivity index (χ1) is 19.0. The molecular formula is C29H31FN6O2S. The number of nitrogens with one attached hydrogen (secondary N) is 3. The molecule has 3 N–H and O–H groups in total. The van der Waals surface area contributed by atoms with Crippen LogP contribution < -0.4 is 16.0 Å². The maximum atomic E-state index is 15.0. The van der Waals surface area contributed by atoms with Crippen LogP contribution in [0, 0.1) is 5.82 Å². The summed E-state index contributed by atoms with van der Waals surface area (Å²) in [7, 11) is 0. The van der Waals surface area contributed by atoms with Crippen molar-refractivity contribution in [1.29, 1.82) is 0 Å². The Kier molecular flexibility index (Phi) is 8.43. The van der Waals surface area contributed by atoms with Crippen molar-refractivity contribution in [3.8, 4) is 11.3 Å². The highest BCUT2D eigenvalue weighted by atomic mass is 32.1. The Morgan fingerprint density at radius 2 is 1.90 bits per heavy atom. The molecule has 0 unspecified atom stereocenters. The van der Waals surface area contributed by atoms with Gasteiger partial charge in [0.05, 0.1) is 21.8 Å². The molecule has 1 fully saturated rings. The van der Waals surface area contributed by atoms with Gasteiger partial charge in [-0.25, -0.2) is 14.4 Å². The monoisotopic (exact) mass is 546 g/mol. The number of hydrogen-bond donors (Lipinski definition) is 3. The van der Waals surface area contributed by atoms with Gasteiger partial charge in [-0.1, -0.05) is 18.6 Å². The second-order valence-corrected chi connectivity index (χ2v) is 10.5. The molecule has 5 rings (SSSR count). The largest absolute Gasteiger partial charge is 0.370 e. The molecule has 0 saturated carbocycles. The number of nitrogens with zero attached hydrogens (tertiary/aromatic N) is 3. The van der Waals surface area contributed by atoms with Crippen LogP contribution in [0.25, 0.3) is 21.5 Å². The number of thiophene rings is 1.